The minimum Gasteiger partial charge on any atom is -0.382 e. The Balaban J connectivity index is 2.64. The van der Waals surface area contributed by atoms with Gasteiger partial charge in [0.25, 0.3) is 0 Å². The number of methoxy groups -OCH3 is 2. The lowest BCUT2D eigenvalue weighted by Crippen LogP contribution is -2.67. The van der Waals surface area contributed by atoms with Gasteiger partial charge in [0.05, 0.1) is 78.3 Å². The molecule has 0 aromatic heterocycles. The highest BCUT2D eigenvalue weighted by molar-refractivity contribution is 7.53. The van der Waals surface area contributed by atoms with Gasteiger partial charge < -0.3 is 106 Å². The Morgan fingerprint density at radius 2 is 0.597 bits per heavy atom. The Morgan fingerprint density at radius 1 is 0.364 bits per heavy atom. The second kappa shape index (κ2) is 31.7. The van der Waals surface area contributed by atoms with Crippen molar-refractivity contribution in [2.75, 3.05) is 87.0 Å². The van der Waals surface area contributed by atoms with Crippen LogP contribution in [-0.2, 0) is 111 Å². The van der Waals surface area contributed by atoms with Crippen molar-refractivity contribution in [3.05, 3.63) is 0 Å². The summed E-state index contributed by atoms with van der Waals surface area (Å²) in [6, 6.07) is 0. The van der Waals surface area contributed by atoms with Crippen molar-refractivity contribution in [2.45, 2.75) is 99.3 Å². The van der Waals surface area contributed by atoms with Crippen LogP contribution in [0, 0.1) is 0 Å². The highest BCUT2D eigenvalue weighted by atomic mass is 31.2. The van der Waals surface area contributed by atoms with Gasteiger partial charge in [-0.1, -0.05) is 0 Å². The summed E-state index contributed by atoms with van der Waals surface area (Å²) in [5.74, 6) is 0. The molecule has 48 heteroatoms. The van der Waals surface area contributed by atoms with Crippen LogP contribution in [-0.4, -0.2) is 251 Å². The normalized spacial score (nSPS) is 29.1. The summed E-state index contributed by atoms with van der Waals surface area (Å²) in [4.78, 5) is 159. The van der Waals surface area contributed by atoms with Crippen molar-refractivity contribution in [3.8, 4) is 0 Å². The summed E-state index contributed by atoms with van der Waals surface area (Å²) in [5, 5.41) is 0. The van der Waals surface area contributed by atoms with E-state index in [9.17, 15) is 110 Å². The lowest BCUT2D eigenvalue weighted by molar-refractivity contribution is -0.239. The Labute approximate surface area is 437 Å². The van der Waals surface area contributed by atoms with Crippen molar-refractivity contribution in [1.82, 2.24) is 0 Å². The molecule has 0 saturated heterocycles. The molecular weight excluding hydrogens is 1240 g/mol. The van der Waals surface area contributed by atoms with Gasteiger partial charge >= 0.3 is 62.7 Å². The smallest absolute Gasteiger partial charge is 0.382 e. The standard InChI is InChI=1S/C29H64O40P8/c1-16(14-53-3)56-10-12-60-18-22(63-71(32,33)34)19(25(65-73(38,39)40)28(68-76(47,48)49)24(18)62-70(5,30)31)58-8-6-55-7-9-59-20-23(64-72(35,36)37)21(61-13-11-57-17(2)15-54-4)27(67-75(44,45)46)29(69-77(50,51)52)26(20)66-74(41,42)43/h16-29,47-49H,6-15H2,1-5H3,(H12-,30,31,32,33,34,35,36,37,38,39,40,41,42,43,44,45,46,50,51,52)/p+1/t16-,17-,18-,19-,20-,21-,22-,23+,24+,25-,26-,27+,28-,29+/m1/s1. The maximum atomic E-state index is 12.7. The molecule has 0 heterocycles. The van der Waals surface area contributed by atoms with E-state index in [2.05, 4.69) is 13.6 Å². The SMILES string of the molecule is COC[C@@H](C)OCCO[C@@H]1[C@@H](OP(=O)(O)O)[C@@H](OCCOCCO[C@@H]2[C@H](OP(=O)(O)O)[C@@H](OCCO[C@H](C)COC)[C@H](OP(C)(=O)O)[C@@H](O[P+](O)(O)O)[C@@H]2OP(=O)(O)O)[C@@H](OP(=O)(O)O)[C@H](OP(=O)(O)O)[C@H]1OP(=O)(O)O. The molecule has 0 aliphatic heterocycles. The van der Waals surface area contributed by atoms with Crippen molar-refractivity contribution >= 4 is 62.7 Å². The van der Waals surface area contributed by atoms with Crippen LogP contribution in [0.25, 0.3) is 0 Å². The van der Waals surface area contributed by atoms with Crippen LogP contribution in [0.3, 0.4) is 0 Å². The number of ether oxygens (including phenoxy) is 9. The van der Waals surface area contributed by atoms with Gasteiger partial charge in [-0.05, 0) is 13.8 Å². The summed E-state index contributed by atoms with van der Waals surface area (Å²) < 4.78 is 174. The molecular formula is C29H65O40P8+. The van der Waals surface area contributed by atoms with Crippen molar-refractivity contribution in [2.24, 2.45) is 0 Å². The highest BCUT2D eigenvalue weighted by Gasteiger charge is 2.63. The van der Waals surface area contributed by atoms with Gasteiger partial charge in [0, 0.05) is 20.9 Å². The van der Waals surface area contributed by atoms with Gasteiger partial charge in [0.15, 0.2) is 6.10 Å². The van der Waals surface area contributed by atoms with Gasteiger partial charge in [0.2, 0.25) is 0 Å². The first kappa shape index (κ1) is 73.8. The topological polar surface area (TPSA) is 600 Å². The second-order valence-corrected chi connectivity index (χ2v) is 26.3. The third-order valence-electron chi connectivity index (χ3n) is 9.49. The lowest BCUT2D eigenvalue weighted by Gasteiger charge is -2.48. The van der Waals surface area contributed by atoms with E-state index in [4.69, 9.17) is 65.3 Å². The fourth-order valence-corrected chi connectivity index (χ4v) is 11.9. The van der Waals surface area contributed by atoms with E-state index in [1.54, 1.807) is 0 Å². The minimum atomic E-state index is -6.00. The van der Waals surface area contributed by atoms with E-state index in [0.29, 0.717) is 6.66 Å². The maximum absolute atomic E-state index is 12.7. The quantitative estimate of drug-likeness (QED) is 0.0214. The summed E-state index contributed by atoms with van der Waals surface area (Å²) >= 11 is 0. The molecule has 2 rings (SSSR count). The Kier molecular flexibility index (Phi) is 30.4. The maximum Gasteiger partial charge on any atom is 0.567 e. The number of hydrogen-bond acceptors (Lipinski definition) is 27. The molecule has 16 N–H and O–H groups in total. The predicted octanol–water partition coefficient (Wildman–Crippen LogP) is -3.22. The molecule has 460 valence electrons. The average molecular weight is 1300 g/mol. The van der Waals surface area contributed by atoms with Crippen LogP contribution < -0.4 is 0 Å². The molecule has 2 fully saturated rings. The monoisotopic (exact) mass is 1300 g/mol. The molecule has 0 aromatic rings. The first-order chi connectivity index (χ1) is 34.9. The molecule has 0 amide bonds. The number of phosphoric acid groups is 6. The molecule has 0 bridgehead atoms. The van der Waals surface area contributed by atoms with Crippen molar-refractivity contribution in [3.63, 3.8) is 0 Å². The molecule has 2 aliphatic rings. The van der Waals surface area contributed by atoms with Crippen LogP contribution in [0.15, 0.2) is 0 Å². The molecule has 15 atom stereocenters. The second-order valence-electron chi connectivity index (χ2n) is 16.0. The van der Waals surface area contributed by atoms with E-state index in [0.717, 1.165) is 0 Å². The summed E-state index contributed by atoms with van der Waals surface area (Å²) in [6.07, 6.45) is -32.0. The number of hydrogen-bond donors (Lipinski definition) is 16. The first-order valence-corrected chi connectivity index (χ1v) is 34.1. The Bertz CT molecular complexity index is 2090. The van der Waals surface area contributed by atoms with Crippen LogP contribution in [0.4, 0.5) is 0 Å². The summed E-state index contributed by atoms with van der Waals surface area (Å²) in [7, 11) is -43.6. The van der Waals surface area contributed by atoms with Crippen LogP contribution in [0.5, 0.6) is 0 Å². The third-order valence-corrected chi connectivity index (χ3v) is 13.8. The predicted molar refractivity (Wildman–Crippen MR) is 245 cm³/mol. The van der Waals surface area contributed by atoms with Gasteiger partial charge in [-0.3, -0.25) is 36.2 Å². The summed E-state index contributed by atoms with van der Waals surface area (Å²) in [6.45, 7) is -2.25. The van der Waals surface area contributed by atoms with Crippen molar-refractivity contribution in [1.29, 1.82) is 0 Å². The van der Waals surface area contributed by atoms with E-state index < -0.39 is 201 Å². The summed E-state index contributed by atoms with van der Waals surface area (Å²) in [5.41, 5.74) is 0. The van der Waals surface area contributed by atoms with Crippen LogP contribution >= 0.6 is 62.7 Å². The molecule has 0 radical (unpaired) electrons. The van der Waals surface area contributed by atoms with Crippen LogP contribution in [0.2, 0.25) is 0 Å². The van der Waals surface area contributed by atoms with E-state index >= 15 is 0 Å². The molecule has 77 heavy (non-hydrogen) atoms. The van der Waals surface area contributed by atoms with E-state index in [1.807, 2.05) is 0 Å². The molecule has 0 spiro atoms. The first-order valence-electron chi connectivity index (χ1n) is 21.4. The van der Waals surface area contributed by atoms with E-state index in [1.165, 1.54) is 28.1 Å². The Morgan fingerprint density at radius 3 is 0.844 bits per heavy atom. The Hall–Kier alpha value is 0.720. The molecule has 2 saturated carbocycles. The highest BCUT2D eigenvalue weighted by Crippen LogP contribution is 2.57. The average Bonchev–Trinajstić information content (AvgIpc) is 3.20. The zero-order chi connectivity index (χ0) is 59.2. The largest absolute Gasteiger partial charge is 0.567 e. The number of phosphoric ester groups is 6. The minimum absolute atomic E-state index is 0.00227. The zero-order valence-corrected chi connectivity index (χ0v) is 47.8. The molecule has 0 aromatic carbocycles. The molecule has 1 unspecified atom stereocenters. The van der Waals surface area contributed by atoms with Gasteiger partial charge in [0.1, 0.15) is 67.1 Å². The fraction of sp³-hybridized carbons (Fsp3) is 1.00. The third kappa shape index (κ3) is 30.4. The fourth-order valence-electron chi connectivity index (χ4n) is 7.32. The van der Waals surface area contributed by atoms with E-state index in [-0.39, 0.29) is 13.2 Å². The molecule has 40 nitrogen and oxygen atoms in total. The van der Waals surface area contributed by atoms with Gasteiger partial charge in [-0.15, -0.1) is 4.52 Å². The van der Waals surface area contributed by atoms with Crippen molar-refractivity contribution < 1.29 is 189 Å². The van der Waals surface area contributed by atoms with Crippen LogP contribution in [0.1, 0.15) is 13.8 Å². The molecule has 2 aliphatic carbocycles. The lowest BCUT2D eigenvalue weighted by atomic mass is 9.84. The number of rotatable bonds is 38. The van der Waals surface area contributed by atoms with Gasteiger partial charge in [-0.25, -0.2) is 27.4 Å². The zero-order valence-electron chi connectivity index (χ0n) is 40.7. The van der Waals surface area contributed by atoms with Gasteiger partial charge in [-0.2, -0.15) is 14.7 Å².